The maximum absolute atomic E-state index is 13.9. The number of carbonyl (C=O) groups is 2. The highest BCUT2D eigenvalue weighted by atomic mass is 19.2. The van der Waals surface area contributed by atoms with Gasteiger partial charge < -0.3 is 5.32 Å². The van der Waals surface area contributed by atoms with E-state index in [1.54, 1.807) is 20.9 Å². The van der Waals surface area contributed by atoms with Crippen molar-refractivity contribution >= 4 is 11.8 Å². The standard InChI is InChI=1S/C15H18F2N2O2/c1-8-9(2)15(21)19(14(8)20)7-12(18-3)10-5-4-6-11(16)13(10)17/h4-6,8-9,12,18H,7H2,1-3H3. The number of nitrogens with zero attached hydrogens (tertiary/aromatic N) is 1. The van der Waals surface area contributed by atoms with Gasteiger partial charge in [-0.3, -0.25) is 14.5 Å². The second-order valence-electron chi connectivity index (χ2n) is 5.35. The summed E-state index contributed by atoms with van der Waals surface area (Å²) in [4.78, 5) is 25.3. The molecule has 0 bridgehead atoms. The predicted molar refractivity (Wildman–Crippen MR) is 73.2 cm³/mol. The van der Waals surface area contributed by atoms with Crippen LogP contribution in [0.5, 0.6) is 0 Å². The van der Waals surface area contributed by atoms with E-state index in [0.717, 1.165) is 11.0 Å². The number of benzene rings is 1. The van der Waals surface area contributed by atoms with Crippen LogP contribution < -0.4 is 5.32 Å². The molecule has 0 aliphatic carbocycles. The summed E-state index contributed by atoms with van der Waals surface area (Å²) >= 11 is 0. The molecule has 0 radical (unpaired) electrons. The molecule has 1 N–H and O–H groups in total. The van der Waals surface area contributed by atoms with E-state index >= 15 is 0 Å². The zero-order valence-electron chi connectivity index (χ0n) is 12.2. The maximum atomic E-state index is 13.9. The van der Waals surface area contributed by atoms with Crippen molar-refractivity contribution in [1.82, 2.24) is 10.2 Å². The second-order valence-corrected chi connectivity index (χ2v) is 5.35. The average Bonchev–Trinajstić information content (AvgIpc) is 2.65. The molecule has 3 atom stereocenters. The number of hydrogen-bond acceptors (Lipinski definition) is 3. The van der Waals surface area contributed by atoms with Crippen LogP contribution in [-0.4, -0.2) is 30.3 Å². The lowest BCUT2D eigenvalue weighted by molar-refractivity contribution is -0.140. The lowest BCUT2D eigenvalue weighted by Crippen LogP contribution is -2.38. The number of imide groups is 1. The molecule has 4 nitrogen and oxygen atoms in total. The number of hydrogen-bond donors (Lipinski definition) is 1. The summed E-state index contributed by atoms with van der Waals surface area (Å²) < 4.78 is 27.2. The van der Waals surface area contributed by atoms with Crippen molar-refractivity contribution in [2.24, 2.45) is 11.8 Å². The minimum atomic E-state index is -0.961. The van der Waals surface area contributed by atoms with Crippen LogP contribution in [0.4, 0.5) is 8.78 Å². The molecule has 0 saturated carbocycles. The van der Waals surface area contributed by atoms with E-state index in [1.807, 2.05) is 0 Å². The average molecular weight is 296 g/mol. The number of amides is 2. The van der Waals surface area contributed by atoms with E-state index in [9.17, 15) is 18.4 Å². The van der Waals surface area contributed by atoms with Crippen LogP contribution in [-0.2, 0) is 9.59 Å². The van der Waals surface area contributed by atoms with E-state index in [2.05, 4.69) is 5.32 Å². The lowest BCUT2D eigenvalue weighted by atomic mass is 10.00. The fraction of sp³-hybridized carbons (Fsp3) is 0.467. The zero-order valence-corrected chi connectivity index (χ0v) is 12.2. The van der Waals surface area contributed by atoms with Crippen molar-refractivity contribution in [3.05, 3.63) is 35.4 Å². The molecule has 3 unspecified atom stereocenters. The topological polar surface area (TPSA) is 49.4 Å². The van der Waals surface area contributed by atoms with Crippen molar-refractivity contribution in [2.75, 3.05) is 13.6 Å². The molecular weight excluding hydrogens is 278 g/mol. The van der Waals surface area contributed by atoms with Crippen LogP contribution >= 0.6 is 0 Å². The van der Waals surface area contributed by atoms with Crippen LogP contribution in [0.15, 0.2) is 18.2 Å². The zero-order chi connectivity index (χ0) is 15.7. The molecule has 114 valence electrons. The quantitative estimate of drug-likeness (QED) is 0.863. The molecule has 2 rings (SSSR count). The Bertz CT molecular complexity index is 557. The smallest absolute Gasteiger partial charge is 0.232 e. The Morgan fingerprint density at radius 2 is 1.76 bits per heavy atom. The van der Waals surface area contributed by atoms with E-state index in [1.165, 1.54) is 12.1 Å². The Kier molecular flexibility index (Phi) is 4.37. The van der Waals surface area contributed by atoms with Gasteiger partial charge in [-0.2, -0.15) is 0 Å². The normalized spacial score (nSPS) is 23.8. The Morgan fingerprint density at radius 1 is 1.19 bits per heavy atom. The monoisotopic (exact) mass is 296 g/mol. The van der Waals surface area contributed by atoms with Gasteiger partial charge in [-0.15, -0.1) is 0 Å². The third-order valence-corrected chi connectivity index (χ3v) is 4.13. The predicted octanol–water partition coefficient (Wildman–Crippen LogP) is 1.87. The summed E-state index contributed by atoms with van der Waals surface area (Å²) in [7, 11) is 1.58. The summed E-state index contributed by atoms with van der Waals surface area (Å²) in [6.45, 7) is 3.38. The van der Waals surface area contributed by atoms with Gasteiger partial charge in [0.1, 0.15) is 0 Å². The summed E-state index contributed by atoms with van der Waals surface area (Å²) in [5.41, 5.74) is 0.102. The fourth-order valence-corrected chi connectivity index (χ4v) is 2.53. The molecule has 1 aromatic rings. The number of nitrogens with one attached hydrogen (secondary N) is 1. The Balaban J connectivity index is 2.26. The van der Waals surface area contributed by atoms with Gasteiger partial charge in [-0.25, -0.2) is 8.78 Å². The Labute approximate surface area is 122 Å². The molecule has 1 aliphatic heterocycles. The second kappa shape index (κ2) is 5.89. The highest BCUT2D eigenvalue weighted by molar-refractivity contribution is 6.04. The van der Waals surface area contributed by atoms with Gasteiger partial charge in [-0.05, 0) is 13.1 Å². The van der Waals surface area contributed by atoms with Crippen LogP contribution in [0, 0.1) is 23.5 Å². The molecule has 1 heterocycles. The summed E-state index contributed by atoms with van der Waals surface area (Å²) in [6.07, 6.45) is 0. The van der Waals surface area contributed by atoms with Gasteiger partial charge in [0.15, 0.2) is 11.6 Å². The van der Waals surface area contributed by atoms with Gasteiger partial charge in [0.2, 0.25) is 11.8 Å². The minimum absolute atomic E-state index is 0.0107. The van der Waals surface area contributed by atoms with Crippen LogP contribution in [0.2, 0.25) is 0 Å². The van der Waals surface area contributed by atoms with Gasteiger partial charge in [-0.1, -0.05) is 26.0 Å². The summed E-state index contributed by atoms with van der Waals surface area (Å²) in [5.74, 6) is -3.22. The third kappa shape index (κ3) is 2.68. The van der Waals surface area contributed by atoms with Gasteiger partial charge in [0, 0.05) is 23.9 Å². The van der Waals surface area contributed by atoms with Crippen molar-refractivity contribution < 1.29 is 18.4 Å². The molecule has 0 spiro atoms. The van der Waals surface area contributed by atoms with Crippen LogP contribution in [0.3, 0.4) is 0 Å². The summed E-state index contributed by atoms with van der Waals surface area (Å²) in [6, 6.07) is 3.22. The van der Waals surface area contributed by atoms with E-state index < -0.39 is 17.7 Å². The first-order chi connectivity index (χ1) is 9.88. The van der Waals surface area contributed by atoms with Crippen molar-refractivity contribution in [2.45, 2.75) is 19.9 Å². The number of carbonyl (C=O) groups excluding carboxylic acids is 2. The van der Waals surface area contributed by atoms with Gasteiger partial charge in [0.25, 0.3) is 0 Å². The highest BCUT2D eigenvalue weighted by Crippen LogP contribution is 2.28. The van der Waals surface area contributed by atoms with Crippen LogP contribution in [0.1, 0.15) is 25.5 Å². The first kappa shape index (κ1) is 15.6. The molecule has 1 saturated heterocycles. The fourth-order valence-electron chi connectivity index (χ4n) is 2.53. The molecule has 21 heavy (non-hydrogen) atoms. The molecular formula is C15H18F2N2O2. The SMILES string of the molecule is CNC(CN1C(=O)C(C)C(C)C1=O)c1cccc(F)c1F. The third-order valence-electron chi connectivity index (χ3n) is 4.13. The summed E-state index contributed by atoms with van der Waals surface area (Å²) in [5, 5.41) is 2.83. The Hall–Kier alpha value is -1.82. The maximum Gasteiger partial charge on any atom is 0.232 e. The molecule has 1 aromatic carbocycles. The molecule has 6 heteroatoms. The molecule has 0 aromatic heterocycles. The van der Waals surface area contributed by atoms with Crippen molar-refractivity contribution in [3.63, 3.8) is 0 Å². The minimum Gasteiger partial charge on any atom is -0.311 e. The molecule has 1 fully saturated rings. The van der Waals surface area contributed by atoms with Crippen LogP contribution in [0.25, 0.3) is 0 Å². The Morgan fingerprint density at radius 3 is 2.29 bits per heavy atom. The van der Waals surface area contributed by atoms with Crippen molar-refractivity contribution in [1.29, 1.82) is 0 Å². The first-order valence-corrected chi connectivity index (χ1v) is 6.84. The number of rotatable bonds is 4. The van der Waals surface area contributed by atoms with E-state index in [4.69, 9.17) is 0 Å². The van der Waals surface area contributed by atoms with E-state index in [0.29, 0.717) is 0 Å². The number of halogens is 2. The number of likely N-dealkylation sites (N-methyl/N-ethyl adjacent to an activating group) is 1. The highest BCUT2D eigenvalue weighted by Gasteiger charge is 2.43. The molecule has 2 amide bonds. The first-order valence-electron chi connectivity index (χ1n) is 6.84. The largest absolute Gasteiger partial charge is 0.311 e. The molecule has 1 aliphatic rings. The number of likely N-dealkylation sites (tertiary alicyclic amines) is 1. The van der Waals surface area contributed by atoms with Gasteiger partial charge in [0.05, 0.1) is 6.04 Å². The van der Waals surface area contributed by atoms with Crippen molar-refractivity contribution in [3.8, 4) is 0 Å². The van der Waals surface area contributed by atoms with E-state index in [-0.39, 0.29) is 35.8 Å². The lowest BCUT2D eigenvalue weighted by Gasteiger charge is -2.23. The van der Waals surface area contributed by atoms with Gasteiger partial charge >= 0.3 is 0 Å².